The van der Waals surface area contributed by atoms with Crippen molar-refractivity contribution in [3.05, 3.63) is 83.1 Å². The molecule has 0 aromatic heterocycles. The number of carboxylic acid groups (broad SMARTS) is 1. The molecule has 9 heteroatoms. The Hall–Kier alpha value is -3.46. The molecular weight excluding hydrogens is 449 g/mol. The fourth-order valence-electron chi connectivity index (χ4n) is 3.98. The summed E-state index contributed by atoms with van der Waals surface area (Å²) in [6.07, 6.45) is 0.498. The topological polar surface area (TPSA) is 71.0 Å². The number of carbonyl (C=O) groups is 1. The lowest BCUT2D eigenvalue weighted by Crippen LogP contribution is -2.38. The number of nitrogens with zero attached hydrogens (tertiary/aromatic N) is 1. The molecule has 4 rings (SSSR count). The molecule has 2 heterocycles. The standard InChI is InChI=1S/C25H25F3N2O4/c26-25(27,28)34-21-6-1-17(2-7-21)16-33-20-8-3-18(4-9-20)22-10-5-19-15-30(14-12-24(31)32)13-11-23(19)29-22/h1-10,22,29H,11-16H2,(H,31,32). The molecule has 0 bridgehead atoms. The number of hydrogen-bond donors (Lipinski definition) is 2. The van der Waals surface area contributed by atoms with Crippen LogP contribution >= 0.6 is 0 Å². The lowest BCUT2D eigenvalue weighted by Gasteiger charge is -2.34. The quantitative estimate of drug-likeness (QED) is 0.573. The summed E-state index contributed by atoms with van der Waals surface area (Å²) >= 11 is 0. The Morgan fingerprint density at radius 1 is 1.09 bits per heavy atom. The van der Waals surface area contributed by atoms with Gasteiger partial charge in [-0.2, -0.15) is 0 Å². The van der Waals surface area contributed by atoms with Crippen molar-refractivity contribution in [1.29, 1.82) is 0 Å². The maximum Gasteiger partial charge on any atom is 0.573 e. The zero-order chi connectivity index (χ0) is 24.1. The van der Waals surface area contributed by atoms with Gasteiger partial charge < -0.3 is 19.9 Å². The Bertz CT molecular complexity index is 1060. The molecule has 6 nitrogen and oxygen atoms in total. The number of dihydropyridines is 1. The zero-order valence-electron chi connectivity index (χ0n) is 18.3. The van der Waals surface area contributed by atoms with Crippen LogP contribution in [0.25, 0.3) is 0 Å². The molecule has 2 aromatic rings. The van der Waals surface area contributed by atoms with Crippen LogP contribution in [-0.4, -0.2) is 42.0 Å². The minimum Gasteiger partial charge on any atom is -0.489 e. The fraction of sp³-hybridized carbons (Fsp3) is 0.320. The summed E-state index contributed by atoms with van der Waals surface area (Å²) in [6, 6.07) is 13.3. The average molecular weight is 474 g/mol. The summed E-state index contributed by atoms with van der Waals surface area (Å²) < 4.78 is 46.4. The summed E-state index contributed by atoms with van der Waals surface area (Å²) in [7, 11) is 0. The number of ether oxygens (including phenoxy) is 2. The fourth-order valence-corrected chi connectivity index (χ4v) is 3.98. The van der Waals surface area contributed by atoms with Crippen LogP contribution in [-0.2, 0) is 11.4 Å². The minimum absolute atomic E-state index is 0.0412. The monoisotopic (exact) mass is 474 g/mol. The molecule has 0 fully saturated rings. The lowest BCUT2D eigenvalue weighted by molar-refractivity contribution is -0.274. The summed E-state index contributed by atoms with van der Waals surface area (Å²) in [5.74, 6) is -0.387. The molecule has 2 aliphatic heterocycles. The number of halogens is 3. The largest absolute Gasteiger partial charge is 0.573 e. The van der Waals surface area contributed by atoms with Crippen molar-refractivity contribution in [2.75, 3.05) is 19.6 Å². The highest BCUT2D eigenvalue weighted by atomic mass is 19.4. The van der Waals surface area contributed by atoms with Gasteiger partial charge in [0.15, 0.2) is 0 Å². The van der Waals surface area contributed by atoms with Crippen LogP contribution in [0.2, 0.25) is 0 Å². The third-order valence-electron chi connectivity index (χ3n) is 5.72. The van der Waals surface area contributed by atoms with Crippen LogP contribution in [0.15, 0.2) is 72.0 Å². The predicted molar refractivity (Wildman–Crippen MR) is 119 cm³/mol. The van der Waals surface area contributed by atoms with Crippen LogP contribution in [0.3, 0.4) is 0 Å². The molecule has 0 saturated heterocycles. The van der Waals surface area contributed by atoms with Gasteiger partial charge in [0.25, 0.3) is 0 Å². The first-order valence-electron chi connectivity index (χ1n) is 10.9. The molecule has 2 aromatic carbocycles. The number of nitrogens with one attached hydrogen (secondary N) is 1. The van der Waals surface area contributed by atoms with Crippen LogP contribution in [0.4, 0.5) is 13.2 Å². The SMILES string of the molecule is O=C(O)CCN1CCC2=C(C=CC(c3ccc(OCc4ccc(OC(F)(F)F)cc4)cc3)N2)C1. The number of alkyl halides is 3. The van der Waals surface area contributed by atoms with Gasteiger partial charge in [0.05, 0.1) is 12.5 Å². The number of aliphatic carboxylic acids is 1. The Balaban J connectivity index is 1.28. The lowest BCUT2D eigenvalue weighted by atomic mass is 9.96. The van der Waals surface area contributed by atoms with Crippen molar-refractivity contribution in [2.24, 2.45) is 0 Å². The highest BCUT2D eigenvalue weighted by Gasteiger charge is 2.31. The molecule has 0 saturated carbocycles. The molecular formula is C25H25F3N2O4. The summed E-state index contributed by atoms with van der Waals surface area (Å²) in [5.41, 5.74) is 4.19. The van der Waals surface area contributed by atoms with E-state index in [0.29, 0.717) is 12.3 Å². The third-order valence-corrected chi connectivity index (χ3v) is 5.72. The summed E-state index contributed by atoms with van der Waals surface area (Å²) in [4.78, 5) is 13.0. The van der Waals surface area contributed by atoms with Gasteiger partial charge in [0.1, 0.15) is 18.1 Å². The first-order chi connectivity index (χ1) is 16.2. The normalized spacial score (nSPS) is 18.3. The van der Waals surface area contributed by atoms with Gasteiger partial charge >= 0.3 is 12.3 Å². The van der Waals surface area contributed by atoms with Crippen LogP contribution in [0, 0.1) is 0 Å². The van der Waals surface area contributed by atoms with Gasteiger partial charge in [0.2, 0.25) is 0 Å². The summed E-state index contributed by atoms with van der Waals surface area (Å²) in [6.45, 7) is 2.35. The van der Waals surface area contributed by atoms with Crippen molar-refractivity contribution in [1.82, 2.24) is 10.2 Å². The number of benzene rings is 2. The van der Waals surface area contributed by atoms with Crippen molar-refractivity contribution in [2.45, 2.75) is 31.9 Å². The number of hydrogen-bond acceptors (Lipinski definition) is 5. The van der Waals surface area contributed by atoms with Gasteiger partial charge in [-0.1, -0.05) is 36.4 Å². The Morgan fingerprint density at radius 2 is 1.79 bits per heavy atom. The first-order valence-corrected chi connectivity index (χ1v) is 10.9. The molecule has 1 unspecified atom stereocenters. The highest BCUT2D eigenvalue weighted by molar-refractivity contribution is 5.66. The summed E-state index contributed by atoms with van der Waals surface area (Å²) in [5, 5.41) is 12.5. The van der Waals surface area contributed by atoms with E-state index in [9.17, 15) is 18.0 Å². The Kier molecular flexibility index (Phi) is 7.12. The second kappa shape index (κ2) is 10.2. The van der Waals surface area contributed by atoms with Gasteiger partial charge in [0, 0.05) is 31.8 Å². The maximum absolute atomic E-state index is 12.3. The van der Waals surface area contributed by atoms with E-state index in [1.165, 1.54) is 35.5 Å². The molecule has 2 N–H and O–H groups in total. The third kappa shape index (κ3) is 6.54. The maximum atomic E-state index is 12.3. The second-order valence-electron chi connectivity index (χ2n) is 8.20. The molecule has 0 aliphatic carbocycles. The van der Waals surface area contributed by atoms with Crippen molar-refractivity contribution in [3.8, 4) is 11.5 Å². The van der Waals surface area contributed by atoms with Crippen molar-refractivity contribution >= 4 is 5.97 Å². The molecule has 0 spiro atoms. The highest BCUT2D eigenvalue weighted by Crippen LogP contribution is 2.29. The van der Waals surface area contributed by atoms with Crippen molar-refractivity contribution in [3.63, 3.8) is 0 Å². The minimum atomic E-state index is -4.71. The second-order valence-corrected chi connectivity index (χ2v) is 8.20. The van der Waals surface area contributed by atoms with E-state index >= 15 is 0 Å². The van der Waals surface area contributed by atoms with Gasteiger partial charge in [-0.3, -0.25) is 9.69 Å². The Labute approximate surface area is 195 Å². The van der Waals surface area contributed by atoms with Gasteiger partial charge in [-0.15, -0.1) is 13.2 Å². The average Bonchev–Trinajstić information content (AvgIpc) is 2.81. The molecule has 1 atom stereocenters. The van der Waals surface area contributed by atoms with Crippen LogP contribution in [0.5, 0.6) is 11.5 Å². The van der Waals surface area contributed by atoms with Gasteiger partial charge in [-0.05, 0) is 41.0 Å². The smallest absolute Gasteiger partial charge is 0.489 e. The van der Waals surface area contributed by atoms with E-state index in [1.54, 1.807) is 0 Å². The van der Waals surface area contributed by atoms with E-state index in [-0.39, 0.29) is 24.8 Å². The van der Waals surface area contributed by atoms with Crippen molar-refractivity contribution < 1.29 is 32.5 Å². The van der Waals surface area contributed by atoms with E-state index in [2.05, 4.69) is 27.1 Å². The van der Waals surface area contributed by atoms with Gasteiger partial charge in [-0.25, -0.2) is 0 Å². The molecule has 0 radical (unpaired) electrons. The van der Waals surface area contributed by atoms with E-state index in [1.807, 2.05) is 24.3 Å². The predicted octanol–water partition coefficient (Wildman–Crippen LogP) is 4.80. The molecule has 180 valence electrons. The molecule has 2 aliphatic rings. The zero-order valence-corrected chi connectivity index (χ0v) is 18.3. The molecule has 0 amide bonds. The van der Waals surface area contributed by atoms with E-state index in [4.69, 9.17) is 9.84 Å². The number of rotatable bonds is 8. The first kappa shape index (κ1) is 23.7. The van der Waals surface area contributed by atoms with E-state index in [0.717, 1.165) is 30.6 Å². The van der Waals surface area contributed by atoms with E-state index < -0.39 is 12.3 Å². The van der Waals surface area contributed by atoms with Crippen LogP contribution < -0.4 is 14.8 Å². The number of carboxylic acids is 1. The molecule has 34 heavy (non-hydrogen) atoms. The van der Waals surface area contributed by atoms with Crippen LogP contribution in [0.1, 0.15) is 30.0 Å². The Morgan fingerprint density at radius 3 is 2.47 bits per heavy atom.